The van der Waals surface area contributed by atoms with Crippen LogP contribution in [0.4, 0.5) is 0 Å². The number of nitrogens with zero attached hydrogens (tertiary/aromatic N) is 1. The van der Waals surface area contributed by atoms with E-state index in [0.717, 1.165) is 0 Å². The summed E-state index contributed by atoms with van der Waals surface area (Å²) in [5, 5.41) is 9.13. The fourth-order valence-electron chi connectivity index (χ4n) is 1.63. The zero-order chi connectivity index (χ0) is 12.5. The van der Waals surface area contributed by atoms with Gasteiger partial charge in [-0.15, -0.1) is 0 Å². The lowest BCUT2D eigenvalue weighted by Gasteiger charge is -2.19. The number of halogens is 1. The van der Waals surface area contributed by atoms with Crippen molar-refractivity contribution in [3.8, 4) is 0 Å². The van der Waals surface area contributed by atoms with Gasteiger partial charge in [0.1, 0.15) is 6.04 Å². The molecular weight excluding hydrogens is 274 g/mol. The third kappa shape index (κ3) is 2.52. The molecule has 0 aliphatic rings. The highest BCUT2D eigenvalue weighted by atomic mass is 79.9. The molecule has 1 aromatic rings. The fourth-order valence-corrected chi connectivity index (χ4v) is 2.20. The molecule has 0 spiro atoms. The van der Waals surface area contributed by atoms with E-state index in [0.29, 0.717) is 10.0 Å². The first-order chi connectivity index (χ1) is 7.34. The molecule has 0 radical (unpaired) electrons. The normalized spacial score (nSPS) is 12.8. The second kappa shape index (κ2) is 4.82. The molecule has 5 heteroatoms. The molecule has 1 unspecified atom stereocenters. The number of carbonyl (C=O) groups is 1. The summed E-state index contributed by atoms with van der Waals surface area (Å²) in [6, 6.07) is 0.849. The van der Waals surface area contributed by atoms with E-state index in [1.807, 2.05) is 0 Å². The SMILES string of the molecule is Cc1cc(Br)cn(C(C(=O)O)C(C)C)c1=O. The summed E-state index contributed by atoms with van der Waals surface area (Å²) in [7, 11) is 0. The molecule has 88 valence electrons. The van der Waals surface area contributed by atoms with E-state index in [1.54, 1.807) is 26.8 Å². The number of pyridine rings is 1. The number of carboxylic acids is 1. The van der Waals surface area contributed by atoms with Crippen LogP contribution >= 0.6 is 15.9 Å². The van der Waals surface area contributed by atoms with Gasteiger partial charge in [0.05, 0.1) is 0 Å². The Morgan fingerprint density at radius 1 is 1.50 bits per heavy atom. The van der Waals surface area contributed by atoms with E-state index in [1.165, 1.54) is 10.8 Å². The molecule has 0 aliphatic carbocycles. The summed E-state index contributed by atoms with van der Waals surface area (Å²) in [6.07, 6.45) is 1.52. The van der Waals surface area contributed by atoms with E-state index in [2.05, 4.69) is 15.9 Å². The van der Waals surface area contributed by atoms with E-state index >= 15 is 0 Å². The van der Waals surface area contributed by atoms with Crippen molar-refractivity contribution in [3.05, 3.63) is 32.7 Å². The Bertz CT molecular complexity index is 465. The molecule has 1 rings (SSSR count). The van der Waals surface area contributed by atoms with Crippen LogP contribution in [-0.2, 0) is 4.79 Å². The topological polar surface area (TPSA) is 59.3 Å². The zero-order valence-corrected chi connectivity index (χ0v) is 11.0. The van der Waals surface area contributed by atoms with Gasteiger partial charge < -0.3 is 5.11 Å². The van der Waals surface area contributed by atoms with E-state index in [4.69, 9.17) is 5.11 Å². The van der Waals surface area contributed by atoms with Crippen molar-refractivity contribution in [3.63, 3.8) is 0 Å². The van der Waals surface area contributed by atoms with Crippen molar-refractivity contribution >= 4 is 21.9 Å². The standard InChI is InChI=1S/C11H14BrNO3/c1-6(2)9(11(15)16)13-5-8(12)4-7(3)10(13)14/h4-6,9H,1-3H3,(H,15,16). The molecule has 1 N–H and O–H groups in total. The summed E-state index contributed by atoms with van der Waals surface area (Å²) < 4.78 is 1.98. The molecule has 1 atom stereocenters. The van der Waals surface area contributed by atoms with Gasteiger partial charge in [-0.2, -0.15) is 0 Å². The van der Waals surface area contributed by atoms with Crippen LogP contribution in [-0.4, -0.2) is 15.6 Å². The molecule has 16 heavy (non-hydrogen) atoms. The molecule has 1 aromatic heterocycles. The minimum Gasteiger partial charge on any atom is -0.480 e. The van der Waals surface area contributed by atoms with Crippen LogP contribution in [0.15, 0.2) is 21.5 Å². The fraction of sp³-hybridized carbons (Fsp3) is 0.455. The zero-order valence-electron chi connectivity index (χ0n) is 9.40. The van der Waals surface area contributed by atoms with E-state index in [-0.39, 0.29) is 11.5 Å². The van der Waals surface area contributed by atoms with Crippen LogP contribution in [0.3, 0.4) is 0 Å². The maximum Gasteiger partial charge on any atom is 0.327 e. The quantitative estimate of drug-likeness (QED) is 0.927. The van der Waals surface area contributed by atoms with Crippen LogP contribution < -0.4 is 5.56 Å². The van der Waals surface area contributed by atoms with Gasteiger partial charge in [-0.1, -0.05) is 13.8 Å². The first-order valence-corrected chi connectivity index (χ1v) is 5.75. The molecule has 0 aromatic carbocycles. The summed E-state index contributed by atoms with van der Waals surface area (Å²) in [5.74, 6) is -1.14. The number of aliphatic carboxylic acids is 1. The Morgan fingerprint density at radius 3 is 2.50 bits per heavy atom. The molecule has 0 saturated carbocycles. The third-order valence-corrected chi connectivity index (χ3v) is 2.81. The summed E-state index contributed by atoms with van der Waals surface area (Å²) in [6.45, 7) is 5.23. The van der Waals surface area contributed by atoms with Crippen LogP contribution in [0.2, 0.25) is 0 Å². The Hall–Kier alpha value is -1.10. The van der Waals surface area contributed by atoms with Gasteiger partial charge in [0.2, 0.25) is 0 Å². The lowest BCUT2D eigenvalue weighted by Crippen LogP contribution is -2.33. The van der Waals surface area contributed by atoms with Gasteiger partial charge in [-0.25, -0.2) is 4.79 Å². The molecule has 0 saturated heterocycles. The lowest BCUT2D eigenvalue weighted by molar-refractivity contribution is -0.142. The number of rotatable bonds is 3. The van der Waals surface area contributed by atoms with E-state index in [9.17, 15) is 9.59 Å². The van der Waals surface area contributed by atoms with Gasteiger partial charge >= 0.3 is 5.97 Å². The Morgan fingerprint density at radius 2 is 2.06 bits per heavy atom. The summed E-state index contributed by atoms with van der Waals surface area (Å²) in [4.78, 5) is 23.0. The lowest BCUT2D eigenvalue weighted by atomic mass is 10.0. The predicted octanol–water partition coefficient (Wildman–Crippen LogP) is 2.20. The van der Waals surface area contributed by atoms with Crippen molar-refractivity contribution in [2.45, 2.75) is 26.8 Å². The number of aromatic nitrogens is 1. The first-order valence-electron chi connectivity index (χ1n) is 4.95. The Labute approximate surface area is 102 Å². The van der Waals surface area contributed by atoms with Crippen molar-refractivity contribution < 1.29 is 9.90 Å². The van der Waals surface area contributed by atoms with Crippen molar-refractivity contribution in [2.75, 3.05) is 0 Å². The summed E-state index contributed by atoms with van der Waals surface area (Å²) >= 11 is 3.26. The van der Waals surface area contributed by atoms with Gasteiger partial charge in [0, 0.05) is 16.2 Å². The molecule has 0 amide bonds. The van der Waals surface area contributed by atoms with Crippen molar-refractivity contribution in [1.29, 1.82) is 0 Å². The third-order valence-electron chi connectivity index (χ3n) is 2.37. The number of aryl methyl sites for hydroxylation is 1. The van der Waals surface area contributed by atoms with Crippen LogP contribution in [0, 0.1) is 12.8 Å². The highest BCUT2D eigenvalue weighted by Gasteiger charge is 2.24. The number of carboxylic acid groups (broad SMARTS) is 1. The molecule has 0 aliphatic heterocycles. The second-order valence-electron chi connectivity index (χ2n) is 4.08. The minimum atomic E-state index is -0.991. The van der Waals surface area contributed by atoms with Gasteiger partial charge in [-0.3, -0.25) is 9.36 Å². The smallest absolute Gasteiger partial charge is 0.327 e. The minimum absolute atomic E-state index is 0.149. The van der Waals surface area contributed by atoms with Crippen molar-refractivity contribution in [2.24, 2.45) is 5.92 Å². The monoisotopic (exact) mass is 287 g/mol. The average Bonchev–Trinajstić information content (AvgIpc) is 2.12. The number of hydrogen-bond donors (Lipinski definition) is 1. The predicted molar refractivity (Wildman–Crippen MR) is 64.6 cm³/mol. The largest absolute Gasteiger partial charge is 0.480 e. The molecule has 1 heterocycles. The maximum absolute atomic E-state index is 11.9. The van der Waals surface area contributed by atoms with Crippen LogP contribution in [0.25, 0.3) is 0 Å². The average molecular weight is 288 g/mol. The Balaban J connectivity index is 3.41. The van der Waals surface area contributed by atoms with Gasteiger partial charge in [-0.05, 0) is 34.8 Å². The summed E-state index contributed by atoms with van der Waals surface area (Å²) in [5.41, 5.74) is 0.269. The molecule has 4 nitrogen and oxygen atoms in total. The molecule has 0 bridgehead atoms. The van der Waals surface area contributed by atoms with Crippen LogP contribution in [0.1, 0.15) is 25.5 Å². The number of hydrogen-bond acceptors (Lipinski definition) is 2. The highest BCUT2D eigenvalue weighted by molar-refractivity contribution is 9.10. The molecule has 0 fully saturated rings. The van der Waals surface area contributed by atoms with E-state index < -0.39 is 12.0 Å². The van der Waals surface area contributed by atoms with Gasteiger partial charge in [0.25, 0.3) is 5.56 Å². The maximum atomic E-state index is 11.9. The van der Waals surface area contributed by atoms with Crippen LogP contribution in [0.5, 0.6) is 0 Å². The second-order valence-corrected chi connectivity index (χ2v) is 5.00. The first kappa shape index (κ1) is 13.0. The van der Waals surface area contributed by atoms with Gasteiger partial charge in [0.15, 0.2) is 0 Å². The van der Waals surface area contributed by atoms with Crippen molar-refractivity contribution in [1.82, 2.24) is 4.57 Å². The molecular formula is C11H14BrNO3. The highest BCUT2D eigenvalue weighted by Crippen LogP contribution is 2.18. The Kier molecular flexibility index (Phi) is 3.91.